The van der Waals surface area contributed by atoms with Crippen molar-refractivity contribution in [2.24, 2.45) is 0 Å². The number of rotatable bonds is 2. The highest BCUT2D eigenvalue weighted by atomic mass is 35.5. The van der Waals surface area contributed by atoms with Crippen molar-refractivity contribution in [1.82, 2.24) is 0 Å². The lowest BCUT2D eigenvalue weighted by atomic mass is 10.2. The van der Waals surface area contributed by atoms with E-state index in [1.165, 1.54) is 0 Å². The summed E-state index contributed by atoms with van der Waals surface area (Å²) >= 11 is 10.7. The largest absolute Gasteiger partial charge is 0.450 e. The van der Waals surface area contributed by atoms with Crippen LogP contribution in [0.15, 0.2) is 15.3 Å². The Morgan fingerprint density at radius 2 is 1.73 bits per heavy atom. The van der Waals surface area contributed by atoms with Gasteiger partial charge in [-0.25, -0.2) is 4.79 Å². The van der Waals surface area contributed by atoms with E-state index in [9.17, 15) is 18.0 Å². The molecule has 84 valence electrons. The monoisotopic (exact) mass is 260 g/mol. The molecule has 0 aliphatic heterocycles. The molecular formula is C8H5Cl2F3O2. The molecule has 0 N–H and O–H groups in total. The highest BCUT2D eigenvalue weighted by molar-refractivity contribution is 6.17. The first-order chi connectivity index (χ1) is 6.90. The standard InChI is InChI=1S/C8H5Cl2F3O2/c9-2-4-1-5(3-10)7(14)15-6(4)8(11,12)13/h1H,2-3H2. The first-order valence-electron chi connectivity index (χ1n) is 3.75. The molecule has 0 amide bonds. The average Bonchev–Trinajstić information content (AvgIpc) is 2.16. The predicted molar refractivity (Wildman–Crippen MR) is 49.1 cm³/mol. The molecule has 1 aromatic heterocycles. The van der Waals surface area contributed by atoms with Crippen LogP contribution in [0, 0.1) is 0 Å². The number of alkyl halides is 5. The van der Waals surface area contributed by atoms with Crippen molar-refractivity contribution in [1.29, 1.82) is 0 Å². The summed E-state index contributed by atoms with van der Waals surface area (Å²) in [6.45, 7) is 0. The Morgan fingerprint density at radius 1 is 1.20 bits per heavy atom. The second-order valence-corrected chi connectivity index (χ2v) is 3.21. The van der Waals surface area contributed by atoms with Gasteiger partial charge in [-0.1, -0.05) is 0 Å². The van der Waals surface area contributed by atoms with Crippen LogP contribution in [0.3, 0.4) is 0 Å². The third-order valence-corrected chi connectivity index (χ3v) is 2.22. The van der Waals surface area contributed by atoms with E-state index in [2.05, 4.69) is 4.42 Å². The molecule has 0 aliphatic rings. The second-order valence-electron chi connectivity index (χ2n) is 2.68. The summed E-state index contributed by atoms with van der Waals surface area (Å²) in [5.74, 6) is -1.98. The molecule has 0 spiro atoms. The number of halogens is 5. The molecule has 0 saturated heterocycles. The quantitative estimate of drug-likeness (QED) is 0.765. The fourth-order valence-electron chi connectivity index (χ4n) is 0.991. The fourth-order valence-corrected chi connectivity index (χ4v) is 1.38. The second kappa shape index (κ2) is 4.45. The van der Waals surface area contributed by atoms with Gasteiger partial charge in [0.2, 0.25) is 5.76 Å². The van der Waals surface area contributed by atoms with Crippen LogP contribution in [0.2, 0.25) is 0 Å². The van der Waals surface area contributed by atoms with Crippen LogP contribution in [-0.4, -0.2) is 0 Å². The predicted octanol–water partition coefficient (Wildman–Crippen LogP) is 3.14. The zero-order chi connectivity index (χ0) is 11.6. The molecule has 0 radical (unpaired) electrons. The Kier molecular flexibility index (Phi) is 3.67. The van der Waals surface area contributed by atoms with E-state index in [0.717, 1.165) is 6.07 Å². The maximum absolute atomic E-state index is 12.3. The van der Waals surface area contributed by atoms with E-state index < -0.39 is 23.4 Å². The fraction of sp³-hybridized carbons (Fsp3) is 0.375. The molecule has 0 bridgehead atoms. The zero-order valence-electron chi connectivity index (χ0n) is 7.20. The van der Waals surface area contributed by atoms with Gasteiger partial charge in [-0.15, -0.1) is 23.2 Å². The number of hydrogen-bond donors (Lipinski definition) is 0. The Balaban J connectivity index is 3.41. The highest BCUT2D eigenvalue weighted by Crippen LogP contribution is 2.32. The number of hydrogen-bond acceptors (Lipinski definition) is 2. The van der Waals surface area contributed by atoms with Crippen LogP contribution in [0.5, 0.6) is 0 Å². The summed E-state index contributed by atoms with van der Waals surface area (Å²) in [6.07, 6.45) is -4.73. The molecule has 1 aromatic rings. The minimum Gasteiger partial charge on any atom is -0.418 e. The molecule has 0 aliphatic carbocycles. The summed E-state index contributed by atoms with van der Waals surface area (Å²) < 4.78 is 41.1. The van der Waals surface area contributed by atoms with Crippen molar-refractivity contribution in [3.8, 4) is 0 Å². The van der Waals surface area contributed by atoms with Crippen molar-refractivity contribution in [3.63, 3.8) is 0 Å². The average molecular weight is 261 g/mol. The van der Waals surface area contributed by atoms with Crippen molar-refractivity contribution in [3.05, 3.63) is 33.4 Å². The van der Waals surface area contributed by atoms with E-state index in [1.807, 2.05) is 0 Å². The van der Waals surface area contributed by atoms with Gasteiger partial charge in [0.05, 0.1) is 17.3 Å². The molecule has 0 aromatic carbocycles. The van der Waals surface area contributed by atoms with Crippen LogP contribution >= 0.6 is 23.2 Å². The molecule has 0 atom stereocenters. The highest BCUT2D eigenvalue weighted by Gasteiger charge is 2.37. The smallest absolute Gasteiger partial charge is 0.418 e. The lowest BCUT2D eigenvalue weighted by Gasteiger charge is -2.09. The molecule has 0 saturated carbocycles. The van der Waals surface area contributed by atoms with Gasteiger partial charge in [-0.2, -0.15) is 13.2 Å². The summed E-state index contributed by atoms with van der Waals surface area (Å²) in [7, 11) is 0. The molecule has 1 rings (SSSR count). The SMILES string of the molecule is O=c1oc(C(F)(F)F)c(CCl)cc1CCl. The molecule has 0 unspecified atom stereocenters. The van der Waals surface area contributed by atoms with E-state index >= 15 is 0 Å². The van der Waals surface area contributed by atoms with Gasteiger partial charge in [0.15, 0.2) is 0 Å². The molecule has 7 heteroatoms. The first-order valence-corrected chi connectivity index (χ1v) is 4.82. The Labute approximate surface area is 92.6 Å². The van der Waals surface area contributed by atoms with Gasteiger partial charge in [0, 0.05) is 5.56 Å². The third-order valence-electron chi connectivity index (χ3n) is 1.64. The topological polar surface area (TPSA) is 30.2 Å². The van der Waals surface area contributed by atoms with Crippen molar-refractivity contribution in [2.45, 2.75) is 17.9 Å². The van der Waals surface area contributed by atoms with Crippen LogP contribution in [0.1, 0.15) is 16.9 Å². The van der Waals surface area contributed by atoms with Gasteiger partial charge >= 0.3 is 11.8 Å². The zero-order valence-corrected chi connectivity index (χ0v) is 8.71. The van der Waals surface area contributed by atoms with Crippen molar-refractivity contribution < 1.29 is 17.6 Å². The lowest BCUT2D eigenvalue weighted by molar-refractivity contribution is -0.155. The Morgan fingerprint density at radius 3 is 2.13 bits per heavy atom. The van der Waals surface area contributed by atoms with Crippen LogP contribution < -0.4 is 5.63 Å². The lowest BCUT2D eigenvalue weighted by Crippen LogP contribution is -2.16. The summed E-state index contributed by atoms with van der Waals surface area (Å²) in [5, 5.41) is 0. The van der Waals surface area contributed by atoms with Crippen molar-refractivity contribution >= 4 is 23.2 Å². The van der Waals surface area contributed by atoms with E-state index in [-0.39, 0.29) is 17.0 Å². The summed E-state index contributed by atoms with van der Waals surface area (Å²) in [4.78, 5) is 11.0. The van der Waals surface area contributed by atoms with Gasteiger partial charge < -0.3 is 4.42 Å². The van der Waals surface area contributed by atoms with Crippen molar-refractivity contribution in [2.75, 3.05) is 0 Å². The van der Waals surface area contributed by atoms with Crippen LogP contribution in [-0.2, 0) is 17.9 Å². The molecule has 2 nitrogen and oxygen atoms in total. The third kappa shape index (κ3) is 2.66. The van der Waals surface area contributed by atoms with Gasteiger partial charge in [-0.05, 0) is 6.07 Å². The minimum atomic E-state index is -4.73. The van der Waals surface area contributed by atoms with Gasteiger partial charge in [-0.3, -0.25) is 0 Å². The summed E-state index contributed by atoms with van der Waals surface area (Å²) in [6, 6.07) is 1.01. The molecule has 0 fully saturated rings. The first kappa shape index (κ1) is 12.4. The van der Waals surface area contributed by atoms with Crippen LogP contribution in [0.4, 0.5) is 13.2 Å². The van der Waals surface area contributed by atoms with E-state index in [1.54, 1.807) is 0 Å². The van der Waals surface area contributed by atoms with Gasteiger partial charge in [0.25, 0.3) is 0 Å². The normalized spacial score (nSPS) is 11.8. The Bertz CT molecular complexity index is 411. The molecule has 15 heavy (non-hydrogen) atoms. The summed E-state index contributed by atoms with van der Waals surface area (Å²) in [5.41, 5.74) is -1.43. The van der Waals surface area contributed by atoms with Crippen LogP contribution in [0.25, 0.3) is 0 Å². The Hall–Kier alpha value is -0.680. The maximum Gasteiger partial charge on any atom is 0.450 e. The van der Waals surface area contributed by atoms with E-state index in [4.69, 9.17) is 23.2 Å². The van der Waals surface area contributed by atoms with E-state index in [0.29, 0.717) is 0 Å². The van der Waals surface area contributed by atoms with Gasteiger partial charge in [0.1, 0.15) is 0 Å². The minimum absolute atomic E-state index is 0.0414. The molecular weight excluding hydrogens is 256 g/mol. The molecule has 1 heterocycles. The maximum atomic E-state index is 12.3.